The van der Waals surface area contributed by atoms with Crippen molar-refractivity contribution in [3.8, 4) is 11.4 Å². The molecule has 0 radical (unpaired) electrons. The highest BCUT2D eigenvalue weighted by molar-refractivity contribution is 7.12. The molecule has 12 heteroatoms. The maximum absolute atomic E-state index is 12.9. The molecule has 0 saturated carbocycles. The molecule has 1 aromatic carbocycles. The summed E-state index contributed by atoms with van der Waals surface area (Å²) in [4.78, 5) is 33.4. The minimum atomic E-state index is -4.45. The van der Waals surface area contributed by atoms with E-state index >= 15 is 0 Å². The number of rotatable bonds is 6. The Morgan fingerprint density at radius 2 is 1.94 bits per heavy atom. The van der Waals surface area contributed by atoms with E-state index in [1.54, 1.807) is 29.3 Å². The van der Waals surface area contributed by atoms with Gasteiger partial charge in [0.05, 0.1) is 17.0 Å². The lowest BCUT2D eigenvalue weighted by Gasteiger charge is -2.35. The standard InChI is InChI=1S/C22H22F3N5O3S/c1-14(26-20(31)17-6-3-11-34-17)21(32)30-9-7-29(8-10-30)13-18-27-19(28-33-18)15-4-2-5-16(12-15)22(23,24)25/h2-6,11-12,14H,7-10,13H2,1H3,(H,26,31). The van der Waals surface area contributed by atoms with Gasteiger partial charge >= 0.3 is 6.18 Å². The van der Waals surface area contributed by atoms with Gasteiger partial charge < -0.3 is 14.7 Å². The van der Waals surface area contributed by atoms with Crippen LogP contribution in [0.3, 0.4) is 0 Å². The van der Waals surface area contributed by atoms with Crippen LogP contribution in [0.25, 0.3) is 11.4 Å². The number of hydrogen-bond acceptors (Lipinski definition) is 7. The number of nitrogens with zero attached hydrogens (tertiary/aromatic N) is 4. The van der Waals surface area contributed by atoms with Crippen LogP contribution in [0.15, 0.2) is 46.3 Å². The Morgan fingerprint density at radius 3 is 2.62 bits per heavy atom. The summed E-state index contributed by atoms with van der Waals surface area (Å²) in [6.07, 6.45) is -4.45. The zero-order valence-corrected chi connectivity index (χ0v) is 19.0. The predicted molar refractivity (Wildman–Crippen MR) is 118 cm³/mol. The smallest absolute Gasteiger partial charge is 0.340 e. The minimum Gasteiger partial charge on any atom is -0.340 e. The number of thiophene rings is 1. The Kier molecular flexibility index (Phi) is 6.98. The van der Waals surface area contributed by atoms with E-state index in [0.717, 1.165) is 12.1 Å². The summed E-state index contributed by atoms with van der Waals surface area (Å²) in [6.45, 7) is 4.02. The first-order chi connectivity index (χ1) is 16.2. The second-order valence-corrected chi connectivity index (χ2v) is 8.81. The van der Waals surface area contributed by atoms with Gasteiger partial charge in [0.15, 0.2) is 0 Å². The fourth-order valence-electron chi connectivity index (χ4n) is 3.60. The van der Waals surface area contributed by atoms with Gasteiger partial charge in [-0.3, -0.25) is 14.5 Å². The average molecular weight is 494 g/mol. The van der Waals surface area contributed by atoms with Crippen LogP contribution in [0.1, 0.15) is 28.0 Å². The number of benzene rings is 1. The van der Waals surface area contributed by atoms with E-state index in [1.807, 2.05) is 4.90 Å². The van der Waals surface area contributed by atoms with Crippen LogP contribution in [0.4, 0.5) is 13.2 Å². The maximum Gasteiger partial charge on any atom is 0.416 e. The lowest BCUT2D eigenvalue weighted by atomic mass is 10.1. The summed E-state index contributed by atoms with van der Waals surface area (Å²) in [7, 11) is 0. The second-order valence-electron chi connectivity index (χ2n) is 7.86. The van der Waals surface area contributed by atoms with E-state index in [0.29, 0.717) is 37.6 Å². The number of carbonyl (C=O) groups is 2. The normalized spacial score (nSPS) is 15.8. The Morgan fingerprint density at radius 1 is 1.18 bits per heavy atom. The van der Waals surface area contributed by atoms with Crippen molar-refractivity contribution in [1.82, 2.24) is 25.3 Å². The highest BCUT2D eigenvalue weighted by atomic mass is 32.1. The van der Waals surface area contributed by atoms with Crippen LogP contribution in [0, 0.1) is 0 Å². The maximum atomic E-state index is 12.9. The van der Waals surface area contributed by atoms with Gasteiger partial charge in [-0.1, -0.05) is 23.4 Å². The van der Waals surface area contributed by atoms with Crippen LogP contribution < -0.4 is 5.32 Å². The first-order valence-corrected chi connectivity index (χ1v) is 11.4. The molecule has 1 aliphatic heterocycles. The van der Waals surface area contributed by atoms with E-state index in [-0.39, 0.29) is 29.1 Å². The molecule has 34 heavy (non-hydrogen) atoms. The van der Waals surface area contributed by atoms with E-state index in [4.69, 9.17) is 4.52 Å². The van der Waals surface area contributed by atoms with Gasteiger partial charge in [-0.25, -0.2) is 0 Å². The first-order valence-electron chi connectivity index (χ1n) is 10.6. The number of hydrogen-bond donors (Lipinski definition) is 1. The Balaban J connectivity index is 1.29. The van der Waals surface area contributed by atoms with Crippen LogP contribution in [0.5, 0.6) is 0 Å². The zero-order valence-electron chi connectivity index (χ0n) is 18.2. The monoisotopic (exact) mass is 493 g/mol. The zero-order chi connectivity index (χ0) is 24.3. The highest BCUT2D eigenvalue weighted by Crippen LogP contribution is 2.31. The van der Waals surface area contributed by atoms with Gasteiger partial charge in [-0.15, -0.1) is 11.3 Å². The van der Waals surface area contributed by atoms with Crippen LogP contribution in [0.2, 0.25) is 0 Å². The van der Waals surface area contributed by atoms with Gasteiger partial charge in [-0.05, 0) is 30.5 Å². The largest absolute Gasteiger partial charge is 0.416 e. The summed E-state index contributed by atoms with van der Waals surface area (Å²) in [5.74, 6) is -0.0642. The third-order valence-corrected chi connectivity index (χ3v) is 6.29. The first kappa shape index (κ1) is 23.9. The lowest BCUT2D eigenvalue weighted by Crippen LogP contribution is -2.53. The van der Waals surface area contributed by atoms with Gasteiger partial charge in [0.25, 0.3) is 5.91 Å². The van der Waals surface area contributed by atoms with Crippen molar-refractivity contribution in [2.75, 3.05) is 26.2 Å². The van der Waals surface area contributed by atoms with E-state index in [9.17, 15) is 22.8 Å². The fourth-order valence-corrected chi connectivity index (χ4v) is 4.23. The number of amides is 2. The molecule has 0 bridgehead atoms. The lowest BCUT2D eigenvalue weighted by molar-refractivity contribution is -0.137. The molecule has 1 N–H and O–H groups in total. The molecule has 1 aliphatic rings. The van der Waals surface area contributed by atoms with Crippen molar-refractivity contribution < 1.29 is 27.3 Å². The molecule has 1 fully saturated rings. The fraction of sp³-hybridized carbons (Fsp3) is 0.364. The predicted octanol–water partition coefficient (Wildman–Crippen LogP) is 3.28. The molecule has 4 rings (SSSR count). The molecule has 1 atom stereocenters. The van der Waals surface area contributed by atoms with Crippen LogP contribution in [-0.4, -0.2) is 64.0 Å². The summed E-state index contributed by atoms with van der Waals surface area (Å²) < 4.78 is 44.1. The van der Waals surface area contributed by atoms with E-state index < -0.39 is 17.8 Å². The summed E-state index contributed by atoms with van der Waals surface area (Å²) in [6, 6.07) is 7.59. The quantitative estimate of drug-likeness (QED) is 0.567. The summed E-state index contributed by atoms with van der Waals surface area (Å²) in [5.41, 5.74) is -0.559. The van der Waals surface area contributed by atoms with Gasteiger partial charge in [0.1, 0.15) is 6.04 Å². The molecular weight excluding hydrogens is 471 g/mol. The molecular formula is C22H22F3N5O3S. The summed E-state index contributed by atoms with van der Waals surface area (Å²) in [5, 5.41) is 8.33. The van der Waals surface area contributed by atoms with E-state index in [1.165, 1.54) is 23.5 Å². The van der Waals surface area contributed by atoms with Crippen LogP contribution in [-0.2, 0) is 17.5 Å². The van der Waals surface area contributed by atoms with Crippen molar-refractivity contribution in [2.45, 2.75) is 25.7 Å². The number of nitrogens with one attached hydrogen (secondary N) is 1. The van der Waals surface area contributed by atoms with Crippen molar-refractivity contribution in [3.63, 3.8) is 0 Å². The average Bonchev–Trinajstić information content (AvgIpc) is 3.51. The molecule has 8 nitrogen and oxygen atoms in total. The number of piperazine rings is 1. The van der Waals surface area contributed by atoms with Crippen molar-refractivity contribution >= 4 is 23.2 Å². The van der Waals surface area contributed by atoms with Gasteiger partial charge in [0, 0.05) is 31.7 Å². The minimum absolute atomic E-state index is 0.0882. The van der Waals surface area contributed by atoms with Crippen molar-refractivity contribution in [3.05, 3.63) is 58.1 Å². The van der Waals surface area contributed by atoms with Gasteiger partial charge in [-0.2, -0.15) is 18.2 Å². The molecule has 0 aliphatic carbocycles. The molecule has 1 unspecified atom stereocenters. The molecule has 180 valence electrons. The Hall–Kier alpha value is -3.25. The highest BCUT2D eigenvalue weighted by Gasteiger charge is 2.31. The molecule has 0 spiro atoms. The SMILES string of the molecule is CC(NC(=O)c1cccs1)C(=O)N1CCN(Cc2nc(-c3cccc(C(F)(F)F)c3)no2)CC1. The number of carbonyl (C=O) groups excluding carboxylic acids is 2. The Labute approximate surface area is 197 Å². The number of alkyl halides is 3. The molecule has 2 amide bonds. The summed E-state index contributed by atoms with van der Waals surface area (Å²) >= 11 is 1.31. The molecule has 3 aromatic rings. The second kappa shape index (κ2) is 9.94. The number of halogens is 3. The van der Waals surface area contributed by atoms with Crippen molar-refractivity contribution in [2.24, 2.45) is 0 Å². The number of aromatic nitrogens is 2. The third kappa shape index (κ3) is 5.62. The Bertz CT molecular complexity index is 1140. The molecule has 1 saturated heterocycles. The van der Waals surface area contributed by atoms with Crippen LogP contribution >= 0.6 is 11.3 Å². The molecule has 2 aromatic heterocycles. The van der Waals surface area contributed by atoms with Crippen molar-refractivity contribution in [1.29, 1.82) is 0 Å². The topological polar surface area (TPSA) is 91.6 Å². The van der Waals surface area contributed by atoms with E-state index in [2.05, 4.69) is 15.5 Å². The third-order valence-electron chi connectivity index (χ3n) is 5.42. The van der Waals surface area contributed by atoms with Gasteiger partial charge in [0.2, 0.25) is 17.6 Å². The molecule has 3 heterocycles.